The van der Waals surface area contributed by atoms with E-state index < -0.39 is 0 Å². The Balaban J connectivity index is 1.96. The van der Waals surface area contributed by atoms with Gasteiger partial charge in [-0.3, -0.25) is 9.59 Å². The largest absolute Gasteiger partial charge is 0.484 e. The summed E-state index contributed by atoms with van der Waals surface area (Å²) in [7, 11) is 0. The van der Waals surface area contributed by atoms with Crippen LogP contribution in [-0.4, -0.2) is 18.3 Å². The number of ether oxygens (including phenoxy) is 1. The highest BCUT2D eigenvalue weighted by molar-refractivity contribution is 6.34. The lowest BCUT2D eigenvalue weighted by Crippen LogP contribution is -2.21. The predicted octanol–water partition coefficient (Wildman–Crippen LogP) is 4.18. The van der Waals surface area contributed by atoms with Gasteiger partial charge < -0.3 is 10.1 Å². The molecule has 120 valence electrons. The summed E-state index contributed by atoms with van der Waals surface area (Å²) < 4.78 is 5.41. The molecule has 0 heterocycles. The maximum atomic E-state index is 12.0. The third-order valence-corrected chi connectivity index (χ3v) is 3.63. The van der Waals surface area contributed by atoms with Crippen LogP contribution in [0.2, 0.25) is 5.02 Å². The van der Waals surface area contributed by atoms with E-state index in [0.717, 1.165) is 11.1 Å². The van der Waals surface area contributed by atoms with Gasteiger partial charge in [0.2, 0.25) is 0 Å². The van der Waals surface area contributed by atoms with Gasteiger partial charge in [-0.1, -0.05) is 17.7 Å². The van der Waals surface area contributed by atoms with Crippen molar-refractivity contribution < 1.29 is 14.3 Å². The van der Waals surface area contributed by atoms with E-state index in [1.807, 2.05) is 19.9 Å². The molecule has 0 unspecified atom stereocenters. The second-order valence-electron chi connectivity index (χ2n) is 5.36. The zero-order chi connectivity index (χ0) is 17.0. The second kappa shape index (κ2) is 7.29. The van der Waals surface area contributed by atoms with Gasteiger partial charge >= 0.3 is 0 Å². The highest BCUT2D eigenvalue weighted by Gasteiger charge is 2.10. The number of hydrogen-bond donors (Lipinski definition) is 1. The molecule has 0 fully saturated rings. The number of benzene rings is 2. The van der Waals surface area contributed by atoms with Gasteiger partial charge in [0.15, 0.2) is 12.4 Å². The van der Waals surface area contributed by atoms with Gasteiger partial charge in [-0.05, 0) is 62.2 Å². The van der Waals surface area contributed by atoms with E-state index in [-0.39, 0.29) is 18.3 Å². The molecule has 0 atom stereocenters. The van der Waals surface area contributed by atoms with Crippen LogP contribution in [0.15, 0.2) is 36.4 Å². The minimum Gasteiger partial charge on any atom is -0.484 e. The van der Waals surface area contributed by atoms with Crippen molar-refractivity contribution in [3.63, 3.8) is 0 Å². The molecular weight excluding hydrogens is 314 g/mol. The summed E-state index contributed by atoms with van der Waals surface area (Å²) in [5.41, 5.74) is 3.13. The van der Waals surface area contributed by atoms with Crippen LogP contribution in [0, 0.1) is 13.8 Å². The molecule has 5 heteroatoms. The molecule has 0 aliphatic heterocycles. The molecule has 0 aliphatic rings. The van der Waals surface area contributed by atoms with Crippen molar-refractivity contribution in [1.29, 1.82) is 0 Å². The van der Waals surface area contributed by atoms with Crippen molar-refractivity contribution in [2.75, 3.05) is 11.9 Å². The van der Waals surface area contributed by atoms with Crippen molar-refractivity contribution in [2.24, 2.45) is 0 Å². The van der Waals surface area contributed by atoms with Crippen molar-refractivity contribution in [2.45, 2.75) is 20.8 Å². The zero-order valence-electron chi connectivity index (χ0n) is 13.3. The number of nitrogens with one attached hydrogen (secondary N) is 1. The SMILES string of the molecule is CC(=O)c1ccc(OCC(=O)Nc2c(C)cc(C)cc2Cl)cc1. The van der Waals surface area contributed by atoms with E-state index >= 15 is 0 Å². The van der Waals surface area contributed by atoms with Crippen molar-refractivity contribution >= 4 is 29.0 Å². The number of ketones is 1. The van der Waals surface area contributed by atoms with Gasteiger partial charge in [0.05, 0.1) is 10.7 Å². The molecule has 0 saturated heterocycles. The molecule has 0 spiro atoms. The van der Waals surface area contributed by atoms with Crippen molar-refractivity contribution in [3.05, 3.63) is 58.1 Å². The summed E-state index contributed by atoms with van der Waals surface area (Å²) in [6, 6.07) is 10.4. The molecule has 23 heavy (non-hydrogen) atoms. The van der Waals surface area contributed by atoms with Crippen molar-refractivity contribution in [3.8, 4) is 5.75 Å². The highest BCUT2D eigenvalue weighted by atomic mass is 35.5. The highest BCUT2D eigenvalue weighted by Crippen LogP contribution is 2.27. The topological polar surface area (TPSA) is 55.4 Å². The Labute approximate surface area is 140 Å². The Morgan fingerprint density at radius 2 is 1.78 bits per heavy atom. The fourth-order valence-corrected chi connectivity index (χ4v) is 2.55. The molecule has 2 aromatic rings. The number of Topliss-reactive ketones (excluding diaryl/α,β-unsaturated/α-hetero) is 1. The molecule has 1 N–H and O–H groups in total. The first-order chi connectivity index (χ1) is 10.9. The number of carbonyl (C=O) groups excluding carboxylic acids is 2. The van der Waals surface area contributed by atoms with Gasteiger partial charge in [-0.2, -0.15) is 0 Å². The zero-order valence-corrected chi connectivity index (χ0v) is 14.0. The summed E-state index contributed by atoms with van der Waals surface area (Å²) in [5.74, 6) is 0.213. The number of hydrogen-bond acceptors (Lipinski definition) is 3. The first-order valence-corrected chi connectivity index (χ1v) is 7.55. The number of carbonyl (C=O) groups is 2. The quantitative estimate of drug-likeness (QED) is 0.836. The van der Waals surface area contributed by atoms with Gasteiger partial charge in [0.25, 0.3) is 5.91 Å². The Morgan fingerprint density at radius 3 is 2.35 bits per heavy atom. The van der Waals surface area contributed by atoms with E-state index in [4.69, 9.17) is 16.3 Å². The second-order valence-corrected chi connectivity index (χ2v) is 5.76. The summed E-state index contributed by atoms with van der Waals surface area (Å²) in [6.07, 6.45) is 0. The molecule has 0 bridgehead atoms. The summed E-state index contributed by atoms with van der Waals surface area (Å²) >= 11 is 6.16. The lowest BCUT2D eigenvalue weighted by atomic mass is 10.1. The van der Waals surface area contributed by atoms with Crippen LogP contribution in [0.5, 0.6) is 5.75 Å². The van der Waals surface area contributed by atoms with E-state index in [9.17, 15) is 9.59 Å². The molecule has 0 saturated carbocycles. The number of amides is 1. The third-order valence-electron chi connectivity index (χ3n) is 3.33. The Kier molecular flexibility index (Phi) is 5.40. The third kappa shape index (κ3) is 4.57. The Hall–Kier alpha value is -2.33. The average molecular weight is 332 g/mol. The lowest BCUT2D eigenvalue weighted by Gasteiger charge is -2.12. The number of aryl methyl sites for hydroxylation is 2. The van der Waals surface area contributed by atoms with Crippen molar-refractivity contribution in [1.82, 2.24) is 0 Å². The molecule has 0 radical (unpaired) electrons. The first-order valence-electron chi connectivity index (χ1n) is 7.17. The van der Waals surface area contributed by atoms with E-state index in [0.29, 0.717) is 22.0 Å². The summed E-state index contributed by atoms with van der Waals surface area (Å²) in [4.78, 5) is 23.2. The van der Waals surface area contributed by atoms with E-state index in [1.54, 1.807) is 30.3 Å². The summed E-state index contributed by atoms with van der Waals surface area (Å²) in [5, 5.41) is 3.26. The number of halogens is 1. The number of anilines is 1. The first kappa shape index (κ1) is 17.0. The van der Waals surface area contributed by atoms with Gasteiger partial charge in [0, 0.05) is 5.56 Å². The van der Waals surface area contributed by atoms with Crippen LogP contribution in [-0.2, 0) is 4.79 Å². The Bertz CT molecular complexity index is 715. The molecule has 0 aliphatic carbocycles. The standard InChI is InChI=1S/C18H18ClNO3/c1-11-8-12(2)18(16(19)9-11)20-17(22)10-23-15-6-4-14(5-7-15)13(3)21/h4-9H,10H2,1-3H3,(H,20,22). The summed E-state index contributed by atoms with van der Waals surface area (Å²) in [6.45, 7) is 5.19. The van der Waals surface area contributed by atoms with E-state index in [2.05, 4.69) is 5.32 Å². The molecule has 2 aromatic carbocycles. The van der Waals surface area contributed by atoms with Gasteiger partial charge in [0.1, 0.15) is 5.75 Å². The fourth-order valence-electron chi connectivity index (χ4n) is 2.18. The maximum absolute atomic E-state index is 12.0. The molecular formula is C18H18ClNO3. The van der Waals surface area contributed by atoms with Crippen LogP contribution in [0.3, 0.4) is 0 Å². The van der Waals surface area contributed by atoms with Crippen LogP contribution in [0.4, 0.5) is 5.69 Å². The maximum Gasteiger partial charge on any atom is 0.262 e. The van der Waals surface area contributed by atoms with E-state index in [1.165, 1.54) is 6.92 Å². The monoisotopic (exact) mass is 331 g/mol. The normalized spacial score (nSPS) is 10.3. The van der Waals surface area contributed by atoms with Crippen LogP contribution < -0.4 is 10.1 Å². The molecule has 1 amide bonds. The average Bonchev–Trinajstić information content (AvgIpc) is 2.49. The van der Waals surface area contributed by atoms with Crippen LogP contribution in [0.25, 0.3) is 0 Å². The molecule has 0 aromatic heterocycles. The molecule has 2 rings (SSSR count). The van der Waals surface area contributed by atoms with Crippen LogP contribution >= 0.6 is 11.6 Å². The minimum absolute atomic E-state index is 0.0150. The van der Waals surface area contributed by atoms with Crippen LogP contribution in [0.1, 0.15) is 28.4 Å². The van der Waals surface area contributed by atoms with Gasteiger partial charge in [-0.15, -0.1) is 0 Å². The molecule has 4 nitrogen and oxygen atoms in total. The Morgan fingerprint density at radius 1 is 1.13 bits per heavy atom. The number of rotatable bonds is 5. The van der Waals surface area contributed by atoms with Gasteiger partial charge in [-0.25, -0.2) is 0 Å². The lowest BCUT2D eigenvalue weighted by molar-refractivity contribution is -0.118. The smallest absolute Gasteiger partial charge is 0.262 e. The minimum atomic E-state index is -0.297. The predicted molar refractivity (Wildman–Crippen MR) is 91.5 cm³/mol. The fraction of sp³-hybridized carbons (Fsp3) is 0.222.